The van der Waals surface area contributed by atoms with Crippen LogP contribution in [0.2, 0.25) is 0 Å². The fourth-order valence-corrected chi connectivity index (χ4v) is 4.13. The predicted molar refractivity (Wildman–Crippen MR) is 96.1 cm³/mol. The Morgan fingerprint density at radius 1 is 0.739 bits per heavy atom. The number of para-hydroxylation sites is 2. The fourth-order valence-electron chi connectivity index (χ4n) is 4.13. The molecule has 23 heavy (non-hydrogen) atoms. The molecule has 112 valence electrons. The third kappa shape index (κ3) is 1.80. The minimum Gasteiger partial charge on any atom is -0.309 e. The van der Waals surface area contributed by atoms with Gasteiger partial charge in [0.25, 0.3) is 0 Å². The van der Waals surface area contributed by atoms with Gasteiger partial charge in [-0.2, -0.15) is 0 Å². The van der Waals surface area contributed by atoms with E-state index < -0.39 is 0 Å². The normalized spacial score (nSPS) is 14.0. The van der Waals surface area contributed by atoms with E-state index in [-0.39, 0.29) is 0 Å². The lowest BCUT2D eigenvalue weighted by Gasteiger charge is -2.39. The summed E-state index contributed by atoms with van der Waals surface area (Å²) in [4.78, 5) is 2.49. The van der Waals surface area contributed by atoms with E-state index in [0.717, 1.165) is 19.3 Å². The van der Waals surface area contributed by atoms with Gasteiger partial charge in [-0.25, -0.2) is 0 Å². The van der Waals surface area contributed by atoms with Crippen molar-refractivity contribution >= 4 is 17.1 Å². The third-order valence-corrected chi connectivity index (χ3v) is 5.19. The molecule has 0 saturated carbocycles. The molecule has 0 N–H and O–H groups in total. The molecule has 0 saturated heterocycles. The molecule has 2 heterocycles. The summed E-state index contributed by atoms with van der Waals surface area (Å²) in [5.41, 5.74) is 11.4. The van der Waals surface area contributed by atoms with E-state index in [9.17, 15) is 0 Å². The van der Waals surface area contributed by atoms with Crippen molar-refractivity contribution in [2.24, 2.45) is 0 Å². The van der Waals surface area contributed by atoms with E-state index in [4.69, 9.17) is 0 Å². The smallest absolute Gasteiger partial charge is 0.0532 e. The molecule has 1 heteroatoms. The Hall–Kier alpha value is -2.54. The number of fused-ring (bicyclic) bond motifs is 4. The van der Waals surface area contributed by atoms with Crippen LogP contribution in [0.1, 0.15) is 34.7 Å². The first kappa shape index (κ1) is 13.0. The van der Waals surface area contributed by atoms with Crippen molar-refractivity contribution in [1.82, 2.24) is 0 Å². The van der Waals surface area contributed by atoms with Crippen LogP contribution in [0.4, 0.5) is 17.1 Å². The second kappa shape index (κ2) is 4.73. The minimum absolute atomic E-state index is 1.05. The molecule has 0 aromatic heterocycles. The summed E-state index contributed by atoms with van der Waals surface area (Å²) in [5.74, 6) is 0. The summed E-state index contributed by atoms with van der Waals surface area (Å²) in [5, 5.41) is 0. The van der Waals surface area contributed by atoms with Gasteiger partial charge in [0, 0.05) is 24.2 Å². The average molecular weight is 297 g/mol. The zero-order valence-corrected chi connectivity index (χ0v) is 13.3. The topological polar surface area (TPSA) is 3.24 Å². The van der Waals surface area contributed by atoms with Crippen molar-refractivity contribution in [3.63, 3.8) is 0 Å². The first-order valence-corrected chi connectivity index (χ1v) is 8.46. The van der Waals surface area contributed by atoms with Gasteiger partial charge in [0.1, 0.15) is 0 Å². The van der Waals surface area contributed by atoms with Gasteiger partial charge in [0.15, 0.2) is 0 Å². The summed E-state index contributed by atoms with van der Waals surface area (Å²) in [6.07, 6.45) is 3.19. The molecular weight excluding hydrogens is 278 g/mol. The monoisotopic (exact) mass is 297 g/mol. The largest absolute Gasteiger partial charge is 0.309 e. The average Bonchev–Trinajstić information content (AvgIpc) is 2.61. The van der Waals surface area contributed by atoms with Gasteiger partial charge in [-0.05, 0) is 46.4 Å². The number of benzene rings is 3. The van der Waals surface area contributed by atoms with Gasteiger partial charge in [-0.15, -0.1) is 0 Å². The highest BCUT2D eigenvalue weighted by Crippen LogP contribution is 2.50. The second-order valence-corrected chi connectivity index (χ2v) is 6.56. The lowest BCUT2D eigenvalue weighted by Crippen LogP contribution is -2.24. The molecule has 0 amide bonds. The first-order chi connectivity index (χ1) is 11.3. The Morgan fingerprint density at radius 3 is 1.78 bits per heavy atom. The molecule has 0 radical (unpaired) electrons. The Kier molecular flexibility index (Phi) is 2.66. The molecular formula is C22H19N. The maximum atomic E-state index is 2.49. The third-order valence-electron chi connectivity index (χ3n) is 5.19. The van der Waals surface area contributed by atoms with Crippen molar-refractivity contribution < 1.29 is 0 Å². The SMILES string of the molecule is CCc1cc2c3c(c1)Cc1ccccc1N3c1ccccc1C2. The quantitative estimate of drug-likeness (QED) is 0.393. The summed E-state index contributed by atoms with van der Waals surface area (Å²) < 4.78 is 0. The van der Waals surface area contributed by atoms with Gasteiger partial charge in [0.05, 0.1) is 5.69 Å². The summed E-state index contributed by atoms with van der Waals surface area (Å²) in [6.45, 7) is 2.25. The van der Waals surface area contributed by atoms with Crippen molar-refractivity contribution in [2.75, 3.05) is 4.90 Å². The zero-order valence-electron chi connectivity index (χ0n) is 13.3. The van der Waals surface area contributed by atoms with Gasteiger partial charge < -0.3 is 4.90 Å². The molecule has 5 rings (SSSR count). The van der Waals surface area contributed by atoms with Crippen molar-refractivity contribution in [3.05, 3.63) is 88.5 Å². The summed E-state index contributed by atoms with van der Waals surface area (Å²) >= 11 is 0. The number of rotatable bonds is 1. The molecule has 0 spiro atoms. The van der Waals surface area contributed by atoms with Crippen LogP contribution in [0, 0.1) is 0 Å². The molecule has 0 atom stereocenters. The number of anilines is 3. The van der Waals surface area contributed by atoms with Crippen molar-refractivity contribution in [1.29, 1.82) is 0 Å². The van der Waals surface area contributed by atoms with Gasteiger partial charge in [-0.3, -0.25) is 0 Å². The number of aryl methyl sites for hydroxylation is 1. The Labute approximate surface area is 137 Å². The van der Waals surface area contributed by atoms with E-state index in [1.807, 2.05) is 0 Å². The molecule has 0 fully saturated rings. The van der Waals surface area contributed by atoms with Gasteiger partial charge in [0.2, 0.25) is 0 Å². The Bertz CT molecular complexity index is 852. The summed E-state index contributed by atoms with van der Waals surface area (Å²) in [6, 6.07) is 22.5. The van der Waals surface area contributed by atoms with Crippen molar-refractivity contribution in [3.8, 4) is 0 Å². The summed E-state index contributed by atoms with van der Waals surface area (Å²) in [7, 11) is 0. The second-order valence-electron chi connectivity index (χ2n) is 6.56. The van der Waals surface area contributed by atoms with E-state index in [2.05, 4.69) is 72.5 Å². The highest BCUT2D eigenvalue weighted by atomic mass is 15.2. The van der Waals surface area contributed by atoms with Crippen molar-refractivity contribution in [2.45, 2.75) is 26.2 Å². The van der Waals surface area contributed by atoms with Gasteiger partial charge in [-0.1, -0.05) is 55.5 Å². The van der Waals surface area contributed by atoms with Crippen LogP contribution in [0.5, 0.6) is 0 Å². The molecule has 0 bridgehead atoms. The molecule has 1 nitrogen and oxygen atoms in total. The van der Waals surface area contributed by atoms with Crippen LogP contribution >= 0.6 is 0 Å². The minimum atomic E-state index is 1.05. The van der Waals surface area contributed by atoms with E-state index in [0.29, 0.717) is 0 Å². The van der Waals surface area contributed by atoms with Gasteiger partial charge >= 0.3 is 0 Å². The number of hydrogen-bond acceptors (Lipinski definition) is 1. The molecule has 2 aliphatic rings. The predicted octanol–water partition coefficient (Wildman–Crippen LogP) is 5.53. The maximum Gasteiger partial charge on any atom is 0.0532 e. The molecule has 2 aliphatic heterocycles. The van der Waals surface area contributed by atoms with Crippen LogP contribution in [0.25, 0.3) is 0 Å². The van der Waals surface area contributed by atoms with E-state index in [1.54, 1.807) is 0 Å². The highest BCUT2D eigenvalue weighted by molar-refractivity contribution is 5.89. The Morgan fingerprint density at radius 2 is 1.26 bits per heavy atom. The molecule has 3 aromatic carbocycles. The lowest BCUT2D eigenvalue weighted by atomic mass is 9.85. The lowest BCUT2D eigenvalue weighted by molar-refractivity contribution is 0.992. The first-order valence-electron chi connectivity index (χ1n) is 8.46. The highest BCUT2D eigenvalue weighted by Gasteiger charge is 2.31. The van der Waals surface area contributed by atoms with Crippen LogP contribution in [0.3, 0.4) is 0 Å². The standard InChI is InChI=1S/C22H19N/c1-2-15-11-18-13-16-7-3-5-9-20(16)23-21-10-6-4-8-17(21)14-19(12-15)22(18)23/h3-12H,2,13-14H2,1H3. The number of nitrogens with zero attached hydrogens (tertiary/aromatic N) is 1. The van der Waals surface area contributed by atoms with Crippen LogP contribution in [-0.2, 0) is 19.3 Å². The molecule has 0 unspecified atom stereocenters. The van der Waals surface area contributed by atoms with E-state index in [1.165, 1.54) is 44.9 Å². The van der Waals surface area contributed by atoms with Crippen LogP contribution in [0.15, 0.2) is 60.7 Å². The van der Waals surface area contributed by atoms with Crippen LogP contribution < -0.4 is 4.90 Å². The maximum absolute atomic E-state index is 2.49. The Balaban J connectivity index is 1.85. The molecule has 3 aromatic rings. The number of hydrogen-bond donors (Lipinski definition) is 0. The molecule has 0 aliphatic carbocycles. The fraction of sp³-hybridized carbons (Fsp3) is 0.182. The van der Waals surface area contributed by atoms with Crippen LogP contribution in [-0.4, -0.2) is 0 Å². The zero-order chi connectivity index (χ0) is 15.4. The van der Waals surface area contributed by atoms with E-state index >= 15 is 0 Å².